The van der Waals surface area contributed by atoms with Crippen LogP contribution in [0.25, 0.3) is 0 Å². The number of thiazole rings is 1. The van der Waals surface area contributed by atoms with Crippen LogP contribution < -0.4 is 10.0 Å². The van der Waals surface area contributed by atoms with E-state index >= 15 is 0 Å². The summed E-state index contributed by atoms with van der Waals surface area (Å²) in [6, 6.07) is 3.87. The van der Waals surface area contributed by atoms with Gasteiger partial charge in [0.1, 0.15) is 16.8 Å². The van der Waals surface area contributed by atoms with Crippen molar-refractivity contribution in [1.29, 1.82) is 5.26 Å². The Morgan fingerprint density at radius 1 is 1.31 bits per heavy atom. The zero-order valence-corrected chi connectivity index (χ0v) is 18.3. The molecule has 0 amide bonds. The minimum atomic E-state index is -4.36. The number of hydrogen-bond acceptors (Lipinski definition) is 6. The zero-order chi connectivity index (χ0) is 21.8. The Bertz CT molecular complexity index is 1010. The van der Waals surface area contributed by atoms with E-state index in [1.165, 1.54) is 0 Å². The van der Waals surface area contributed by atoms with E-state index in [0.29, 0.717) is 23.8 Å². The quantitative estimate of drug-likeness (QED) is 0.602. The van der Waals surface area contributed by atoms with Gasteiger partial charge in [0.2, 0.25) is 0 Å². The van der Waals surface area contributed by atoms with Gasteiger partial charge in [0.05, 0.1) is 17.4 Å². The Labute approximate surface area is 174 Å². The lowest BCUT2D eigenvalue weighted by Crippen LogP contribution is -2.21. The van der Waals surface area contributed by atoms with Crippen molar-refractivity contribution >= 4 is 32.2 Å². The van der Waals surface area contributed by atoms with Crippen molar-refractivity contribution in [1.82, 2.24) is 4.98 Å². The molecule has 0 aliphatic heterocycles. The van der Waals surface area contributed by atoms with Gasteiger partial charge < -0.3 is 5.32 Å². The van der Waals surface area contributed by atoms with Crippen molar-refractivity contribution in [2.75, 3.05) is 16.6 Å². The molecule has 158 valence electrons. The lowest BCUT2D eigenvalue weighted by atomic mass is 9.83. The SMILES string of the molecule is CC[C@H](CNc1cc(F)c(S(=O)(=O)Nc2ncc(F)s2)cc1C#N)CC(C)(C)C. The minimum Gasteiger partial charge on any atom is -0.384 e. The molecule has 0 unspecified atom stereocenters. The van der Waals surface area contributed by atoms with Gasteiger partial charge in [0.15, 0.2) is 10.3 Å². The fourth-order valence-electron chi connectivity index (χ4n) is 2.95. The van der Waals surface area contributed by atoms with E-state index in [1.807, 2.05) is 10.8 Å². The van der Waals surface area contributed by atoms with Crippen molar-refractivity contribution in [3.8, 4) is 6.07 Å². The second-order valence-corrected chi connectivity index (χ2v) is 10.6. The fourth-order valence-corrected chi connectivity index (χ4v) is 4.82. The average Bonchev–Trinajstić information content (AvgIpc) is 3.01. The van der Waals surface area contributed by atoms with Crippen LogP contribution in [0, 0.1) is 33.6 Å². The molecule has 10 heteroatoms. The molecule has 6 nitrogen and oxygen atoms in total. The first-order chi connectivity index (χ1) is 13.4. The van der Waals surface area contributed by atoms with Gasteiger partial charge in [-0.1, -0.05) is 45.5 Å². The van der Waals surface area contributed by atoms with Gasteiger partial charge in [-0.25, -0.2) is 17.8 Å². The number of halogens is 2. The number of sulfonamides is 1. The first-order valence-corrected chi connectivity index (χ1v) is 11.4. The third kappa shape index (κ3) is 6.37. The Hall–Kier alpha value is -2.25. The Balaban J connectivity index is 2.25. The number of nitrogens with zero attached hydrogens (tertiary/aromatic N) is 2. The van der Waals surface area contributed by atoms with E-state index in [0.717, 1.165) is 31.2 Å². The maximum Gasteiger partial charge on any atom is 0.266 e. The summed E-state index contributed by atoms with van der Waals surface area (Å²) in [5, 5.41) is 11.6. The molecule has 29 heavy (non-hydrogen) atoms. The molecule has 0 fully saturated rings. The minimum absolute atomic E-state index is 0.00251. The summed E-state index contributed by atoms with van der Waals surface area (Å²) in [6.07, 6.45) is 2.71. The standard InChI is InChI=1S/C19H24F2N4O2S2/c1-5-12(8-19(2,3)4)10-23-15-7-14(20)16(6-13(15)9-22)29(26,27)25-18-24-11-17(21)28-18/h6-7,11-12,23H,5,8,10H2,1-4H3,(H,24,25)/t12-/m0/s1. The summed E-state index contributed by atoms with van der Waals surface area (Å²) in [5.74, 6) is -0.700. The highest BCUT2D eigenvalue weighted by Crippen LogP contribution is 2.29. The van der Waals surface area contributed by atoms with Crippen LogP contribution >= 0.6 is 11.3 Å². The van der Waals surface area contributed by atoms with Crippen LogP contribution in [-0.4, -0.2) is 19.9 Å². The molecule has 1 heterocycles. The number of aromatic nitrogens is 1. The molecule has 1 aromatic carbocycles. The van der Waals surface area contributed by atoms with E-state index in [2.05, 4.69) is 38.0 Å². The Morgan fingerprint density at radius 3 is 2.52 bits per heavy atom. The van der Waals surface area contributed by atoms with Gasteiger partial charge in [-0.15, -0.1) is 0 Å². The molecule has 1 aromatic heterocycles. The lowest BCUT2D eigenvalue weighted by molar-refractivity contribution is 0.296. The van der Waals surface area contributed by atoms with Gasteiger partial charge in [0.25, 0.3) is 10.0 Å². The van der Waals surface area contributed by atoms with Gasteiger partial charge in [0, 0.05) is 6.54 Å². The highest BCUT2D eigenvalue weighted by atomic mass is 32.2. The number of hydrogen-bond donors (Lipinski definition) is 2. The zero-order valence-electron chi connectivity index (χ0n) is 16.7. The van der Waals surface area contributed by atoms with Crippen molar-refractivity contribution in [3.05, 3.63) is 34.8 Å². The number of nitrogens with one attached hydrogen (secondary N) is 2. The van der Waals surface area contributed by atoms with Gasteiger partial charge in [-0.05, 0) is 29.9 Å². The molecule has 0 radical (unpaired) electrons. The van der Waals surface area contributed by atoms with Crippen LogP contribution in [0.1, 0.15) is 46.1 Å². The number of benzene rings is 1. The first kappa shape index (κ1) is 23.0. The van der Waals surface area contributed by atoms with Gasteiger partial charge in [-0.3, -0.25) is 4.72 Å². The monoisotopic (exact) mass is 442 g/mol. The van der Waals surface area contributed by atoms with E-state index < -0.39 is 25.9 Å². The molecule has 0 bridgehead atoms. The van der Waals surface area contributed by atoms with Gasteiger partial charge in [-0.2, -0.15) is 9.65 Å². The maximum atomic E-state index is 14.6. The summed E-state index contributed by atoms with van der Waals surface area (Å²) in [6.45, 7) is 9.00. The predicted molar refractivity (Wildman–Crippen MR) is 110 cm³/mol. The summed E-state index contributed by atoms with van der Waals surface area (Å²) < 4.78 is 54.5. The molecule has 2 rings (SSSR count). The van der Waals surface area contributed by atoms with E-state index in [4.69, 9.17) is 0 Å². The third-order valence-electron chi connectivity index (χ3n) is 4.24. The van der Waals surface area contributed by atoms with E-state index in [9.17, 15) is 22.5 Å². The van der Waals surface area contributed by atoms with Crippen LogP contribution in [-0.2, 0) is 10.0 Å². The first-order valence-electron chi connectivity index (χ1n) is 9.07. The van der Waals surface area contributed by atoms with Crippen LogP contribution in [0.15, 0.2) is 23.2 Å². The van der Waals surface area contributed by atoms with Crippen molar-refractivity contribution in [3.63, 3.8) is 0 Å². The van der Waals surface area contributed by atoms with E-state index in [-0.39, 0.29) is 21.8 Å². The topological polar surface area (TPSA) is 94.9 Å². The largest absolute Gasteiger partial charge is 0.384 e. The summed E-state index contributed by atoms with van der Waals surface area (Å²) >= 11 is 0.479. The van der Waals surface area contributed by atoms with Crippen LogP contribution in [0.5, 0.6) is 0 Å². The molecule has 0 aliphatic rings. The van der Waals surface area contributed by atoms with E-state index in [1.54, 1.807) is 0 Å². The Morgan fingerprint density at radius 2 is 2.00 bits per heavy atom. The molecule has 0 saturated carbocycles. The second-order valence-electron chi connectivity index (χ2n) is 7.94. The fraction of sp³-hybridized carbons (Fsp3) is 0.474. The molecule has 2 N–H and O–H groups in total. The third-order valence-corrected chi connectivity index (χ3v) is 6.43. The molecular weight excluding hydrogens is 418 g/mol. The molecule has 1 atom stereocenters. The Kier molecular flexibility index (Phi) is 7.19. The predicted octanol–water partition coefficient (Wildman–Crippen LogP) is 4.97. The summed E-state index contributed by atoms with van der Waals surface area (Å²) in [5.41, 5.74) is 0.365. The highest BCUT2D eigenvalue weighted by molar-refractivity contribution is 7.93. The summed E-state index contributed by atoms with van der Waals surface area (Å²) in [7, 11) is -4.36. The molecule has 0 aliphatic carbocycles. The molecular formula is C19H24F2N4O2S2. The van der Waals surface area contributed by atoms with Crippen molar-refractivity contribution in [2.45, 2.75) is 45.4 Å². The van der Waals surface area contributed by atoms with Crippen molar-refractivity contribution < 1.29 is 17.2 Å². The number of nitriles is 1. The average molecular weight is 443 g/mol. The smallest absolute Gasteiger partial charge is 0.266 e. The molecule has 2 aromatic rings. The van der Waals surface area contributed by atoms with Gasteiger partial charge >= 0.3 is 0 Å². The van der Waals surface area contributed by atoms with Crippen LogP contribution in [0.4, 0.5) is 19.6 Å². The van der Waals surface area contributed by atoms with Crippen LogP contribution in [0.3, 0.4) is 0 Å². The summed E-state index contributed by atoms with van der Waals surface area (Å²) in [4.78, 5) is 2.86. The molecule has 0 spiro atoms. The highest BCUT2D eigenvalue weighted by Gasteiger charge is 2.24. The number of rotatable bonds is 8. The normalized spacial score (nSPS) is 13.0. The lowest BCUT2D eigenvalue weighted by Gasteiger charge is -2.26. The van der Waals surface area contributed by atoms with Crippen LogP contribution in [0.2, 0.25) is 0 Å². The second kappa shape index (κ2) is 9.05. The maximum absolute atomic E-state index is 14.6. The van der Waals surface area contributed by atoms with Crippen molar-refractivity contribution in [2.24, 2.45) is 11.3 Å². The molecule has 0 saturated heterocycles. The number of anilines is 2.